The molecule has 0 spiro atoms. The van der Waals surface area contributed by atoms with E-state index in [4.69, 9.17) is 11.6 Å². The molecule has 39 heavy (non-hydrogen) atoms. The number of anilines is 1. The van der Waals surface area contributed by atoms with Crippen LogP contribution in [0.4, 0.5) is 10.5 Å². The zero-order chi connectivity index (χ0) is 27.1. The van der Waals surface area contributed by atoms with Gasteiger partial charge in [-0.25, -0.2) is 9.78 Å². The quantitative estimate of drug-likeness (QED) is 0.332. The van der Waals surface area contributed by atoms with Crippen LogP contribution in [-0.2, 0) is 11.2 Å². The number of pyridine rings is 1. The third-order valence-corrected chi connectivity index (χ3v) is 7.09. The smallest absolute Gasteiger partial charge is 0.411 e. The van der Waals surface area contributed by atoms with Crippen molar-refractivity contribution in [3.63, 3.8) is 0 Å². The Kier molecular flexibility index (Phi) is 6.20. The van der Waals surface area contributed by atoms with Crippen LogP contribution in [-0.4, -0.2) is 47.9 Å². The van der Waals surface area contributed by atoms with Crippen LogP contribution in [0.2, 0.25) is 5.02 Å². The third-order valence-electron chi connectivity index (χ3n) is 6.86. The molecule has 0 bridgehead atoms. The predicted octanol–water partition coefficient (Wildman–Crippen LogP) is 4.56. The number of nitrogens with zero attached hydrogens (tertiary/aromatic N) is 6. The summed E-state index contributed by atoms with van der Waals surface area (Å²) in [5, 5.41) is 14.7. The molecule has 4 heterocycles. The lowest BCUT2D eigenvalue weighted by Crippen LogP contribution is -2.23. The second-order valence-electron chi connectivity index (χ2n) is 9.24. The van der Waals surface area contributed by atoms with E-state index < -0.39 is 6.09 Å². The monoisotopic (exact) mass is 542 g/mol. The maximum absolute atomic E-state index is 13.4. The van der Waals surface area contributed by atoms with Crippen LogP contribution >= 0.6 is 11.6 Å². The maximum atomic E-state index is 13.4. The van der Waals surface area contributed by atoms with E-state index in [9.17, 15) is 9.59 Å². The fourth-order valence-corrected chi connectivity index (χ4v) is 5.25. The normalized spacial score (nSPS) is 14.3. The number of aromatic amines is 1. The number of carbonyl (C=O) groups excluding carboxylic acids is 1. The average Bonchev–Trinajstić information content (AvgIpc) is 3.69. The van der Waals surface area contributed by atoms with Gasteiger partial charge in [-0.05, 0) is 77.7 Å². The van der Waals surface area contributed by atoms with Crippen LogP contribution in [0.3, 0.4) is 0 Å². The minimum absolute atomic E-state index is 0.125. The molecule has 2 aromatic carbocycles. The van der Waals surface area contributed by atoms with Crippen molar-refractivity contribution in [3.8, 4) is 28.1 Å². The van der Waals surface area contributed by atoms with E-state index in [2.05, 4.69) is 35.5 Å². The lowest BCUT2D eigenvalue weighted by atomic mass is 10.0. The zero-order valence-electron chi connectivity index (χ0n) is 21.1. The van der Waals surface area contributed by atoms with Crippen molar-refractivity contribution in [2.75, 3.05) is 12.4 Å². The minimum Gasteiger partial charge on any atom is -0.453 e. The fourth-order valence-electron chi connectivity index (χ4n) is 5.08. The Morgan fingerprint density at radius 2 is 2.03 bits per heavy atom. The lowest BCUT2D eigenvalue weighted by Gasteiger charge is -2.15. The van der Waals surface area contributed by atoms with Crippen molar-refractivity contribution >= 4 is 23.4 Å². The molecule has 0 saturated heterocycles. The maximum Gasteiger partial charge on any atom is 0.411 e. The van der Waals surface area contributed by atoms with Crippen molar-refractivity contribution in [3.05, 3.63) is 93.5 Å². The van der Waals surface area contributed by atoms with E-state index in [-0.39, 0.29) is 11.6 Å². The number of fused-ring (bicyclic) bond motifs is 1. The number of imidazole rings is 1. The Labute approximate surface area is 227 Å². The van der Waals surface area contributed by atoms with Gasteiger partial charge >= 0.3 is 6.09 Å². The van der Waals surface area contributed by atoms with Crippen molar-refractivity contribution in [2.24, 2.45) is 0 Å². The highest BCUT2D eigenvalue weighted by Gasteiger charge is 2.28. The van der Waals surface area contributed by atoms with Gasteiger partial charge in [0.1, 0.15) is 12.2 Å². The summed E-state index contributed by atoms with van der Waals surface area (Å²) < 4.78 is 8.00. The zero-order valence-corrected chi connectivity index (χ0v) is 21.8. The molecule has 1 aliphatic heterocycles. The molecule has 0 unspecified atom stereocenters. The summed E-state index contributed by atoms with van der Waals surface area (Å²) in [4.78, 5) is 33.0. The molecule has 0 radical (unpaired) electrons. The Balaban J connectivity index is 1.32. The van der Waals surface area contributed by atoms with Crippen LogP contribution in [0, 0.1) is 6.92 Å². The number of halogens is 1. The molecule has 1 amide bonds. The number of carbonyl (C=O) groups is 1. The van der Waals surface area contributed by atoms with Crippen LogP contribution in [0.5, 0.6) is 0 Å². The van der Waals surface area contributed by atoms with E-state index in [1.807, 2.05) is 37.3 Å². The molecule has 3 aromatic heterocycles. The van der Waals surface area contributed by atoms with Crippen molar-refractivity contribution in [1.82, 2.24) is 34.7 Å². The Morgan fingerprint density at radius 3 is 2.79 bits per heavy atom. The fraction of sp³-hybridized carbons (Fsp3) is 0.185. The second-order valence-corrected chi connectivity index (χ2v) is 9.68. The van der Waals surface area contributed by atoms with Crippen LogP contribution in [0.15, 0.2) is 65.8 Å². The van der Waals surface area contributed by atoms with Gasteiger partial charge in [0.05, 0.1) is 30.7 Å². The van der Waals surface area contributed by atoms with Crippen LogP contribution < -0.4 is 10.9 Å². The molecule has 1 aliphatic rings. The molecule has 196 valence electrons. The number of hydrogen-bond acceptors (Lipinski definition) is 7. The molecular formula is C27H23ClN8O3. The lowest BCUT2D eigenvalue weighted by molar-refractivity contribution is 0.187. The number of methoxy groups -OCH3 is 1. The molecular weight excluding hydrogens is 520 g/mol. The van der Waals surface area contributed by atoms with Gasteiger partial charge in [-0.3, -0.25) is 10.1 Å². The molecule has 1 atom stereocenters. The number of benzene rings is 2. The summed E-state index contributed by atoms with van der Waals surface area (Å²) in [7, 11) is 1.32. The molecule has 11 nitrogen and oxygen atoms in total. The third kappa shape index (κ3) is 4.57. The summed E-state index contributed by atoms with van der Waals surface area (Å²) in [5.74, 6) is 0.715. The number of nitrogens with one attached hydrogen (secondary N) is 2. The number of rotatable bonds is 5. The SMILES string of the molecule is COC(=O)Nc1ccc(-c2cnc([C@@H]3CCc4cc(-c5cc(Cl)ccc5-n5cnnn5)cc(=O)n43)[nH]2)c(C)c1. The van der Waals surface area contributed by atoms with Gasteiger partial charge in [0.25, 0.3) is 5.56 Å². The van der Waals surface area contributed by atoms with Crippen LogP contribution in [0.25, 0.3) is 28.1 Å². The Bertz CT molecular complexity index is 1760. The summed E-state index contributed by atoms with van der Waals surface area (Å²) in [6.07, 6.45) is 4.20. The highest BCUT2D eigenvalue weighted by molar-refractivity contribution is 6.31. The van der Waals surface area contributed by atoms with E-state index in [1.165, 1.54) is 13.4 Å². The van der Waals surface area contributed by atoms with E-state index in [1.54, 1.807) is 33.6 Å². The Morgan fingerprint density at radius 1 is 1.15 bits per heavy atom. The second kappa shape index (κ2) is 9.84. The van der Waals surface area contributed by atoms with Crippen molar-refractivity contribution < 1.29 is 9.53 Å². The number of tetrazole rings is 1. The van der Waals surface area contributed by atoms with Crippen molar-refractivity contribution in [2.45, 2.75) is 25.8 Å². The van der Waals surface area contributed by atoms with Gasteiger partial charge in [0, 0.05) is 33.6 Å². The van der Waals surface area contributed by atoms with E-state index >= 15 is 0 Å². The highest BCUT2D eigenvalue weighted by atomic mass is 35.5. The number of aromatic nitrogens is 7. The minimum atomic E-state index is -0.526. The first kappa shape index (κ1) is 24.6. The highest BCUT2D eigenvalue weighted by Crippen LogP contribution is 2.35. The number of H-pyrrole nitrogens is 1. The number of hydrogen-bond donors (Lipinski definition) is 2. The Hall–Kier alpha value is -4.77. The number of aryl methyl sites for hydroxylation is 2. The molecule has 2 N–H and O–H groups in total. The van der Waals surface area contributed by atoms with Gasteiger partial charge in [-0.2, -0.15) is 4.68 Å². The first-order valence-electron chi connectivity index (χ1n) is 12.2. The molecule has 0 aliphatic carbocycles. The van der Waals surface area contributed by atoms with Gasteiger partial charge in [0.2, 0.25) is 0 Å². The predicted molar refractivity (Wildman–Crippen MR) is 145 cm³/mol. The van der Waals surface area contributed by atoms with Gasteiger partial charge < -0.3 is 14.3 Å². The summed E-state index contributed by atoms with van der Waals surface area (Å²) >= 11 is 6.31. The largest absolute Gasteiger partial charge is 0.453 e. The standard InChI is InChI=1S/C27H23ClN8O3/c1-15-9-18(31-27(38)39-2)4-6-20(15)22-13-29-26(32-22)24-8-5-19-10-16(11-25(37)36(19)24)21-12-17(28)3-7-23(21)35-14-30-33-34-35/h3-4,6-7,9-14,24H,5,8H2,1-2H3,(H,29,32)(H,31,38)/t24-/m0/s1. The molecule has 0 saturated carbocycles. The average molecular weight is 543 g/mol. The summed E-state index contributed by atoms with van der Waals surface area (Å²) in [6.45, 7) is 1.95. The van der Waals surface area contributed by atoms with Crippen LogP contribution in [0.1, 0.15) is 29.5 Å². The van der Waals surface area contributed by atoms with E-state index in [0.717, 1.165) is 52.2 Å². The summed E-state index contributed by atoms with van der Waals surface area (Å²) in [5.41, 5.74) is 6.39. The van der Waals surface area contributed by atoms with Gasteiger partial charge in [0.15, 0.2) is 0 Å². The molecule has 12 heteroatoms. The number of amides is 1. The topological polar surface area (TPSA) is 133 Å². The van der Waals surface area contributed by atoms with Gasteiger partial charge in [-0.15, -0.1) is 5.10 Å². The molecule has 0 fully saturated rings. The first-order valence-corrected chi connectivity index (χ1v) is 12.6. The van der Waals surface area contributed by atoms with Crippen molar-refractivity contribution in [1.29, 1.82) is 0 Å². The molecule has 5 aromatic rings. The number of ether oxygens (including phenoxy) is 1. The van der Waals surface area contributed by atoms with Gasteiger partial charge in [-0.1, -0.05) is 17.7 Å². The molecule has 6 rings (SSSR count). The van der Waals surface area contributed by atoms with E-state index in [0.29, 0.717) is 16.5 Å². The first-order chi connectivity index (χ1) is 18.9. The summed E-state index contributed by atoms with van der Waals surface area (Å²) in [6, 6.07) is 14.4.